The van der Waals surface area contributed by atoms with Crippen LogP contribution in [0, 0.1) is 0 Å². The van der Waals surface area contributed by atoms with Crippen molar-refractivity contribution in [1.29, 1.82) is 0 Å². The molecule has 0 amide bonds. The van der Waals surface area contributed by atoms with Gasteiger partial charge in [-0.3, -0.25) is 0 Å². The first-order valence-corrected chi connectivity index (χ1v) is 4.45. The van der Waals surface area contributed by atoms with Gasteiger partial charge in [0.15, 0.2) is 0 Å². The number of alkyl halides is 4. The molecule has 0 fully saturated rings. The first-order valence-electron chi connectivity index (χ1n) is 4.45. The number of rotatable bonds is 3. The molecule has 0 aromatic heterocycles. The summed E-state index contributed by atoms with van der Waals surface area (Å²) in [6.07, 6.45) is -4.76. The summed E-state index contributed by atoms with van der Waals surface area (Å²) in [5.74, 6) is -0.411. The highest BCUT2D eigenvalue weighted by atomic mass is 19.4. The van der Waals surface area contributed by atoms with Gasteiger partial charge in [-0.05, 0) is 18.2 Å². The molecular weight excluding hydrogens is 226 g/mol. The summed E-state index contributed by atoms with van der Waals surface area (Å²) < 4.78 is 52.0. The van der Waals surface area contributed by atoms with Crippen LogP contribution in [0.25, 0.3) is 0 Å². The number of hydrogen-bond acceptors (Lipinski definition) is 2. The highest BCUT2D eigenvalue weighted by Gasteiger charge is 2.31. The van der Waals surface area contributed by atoms with Crippen molar-refractivity contribution >= 4 is 5.69 Å². The number of nitrogens with zero attached hydrogens (tertiary/aromatic N) is 1. The van der Waals surface area contributed by atoms with E-state index >= 15 is 0 Å². The second kappa shape index (κ2) is 4.59. The monoisotopic (exact) mass is 237 g/mol. The molecule has 0 radical (unpaired) electrons. The Labute approximate surface area is 90.4 Å². The lowest BCUT2D eigenvalue weighted by atomic mass is 10.1. The lowest BCUT2D eigenvalue weighted by Gasteiger charge is -2.17. The van der Waals surface area contributed by atoms with Gasteiger partial charge >= 0.3 is 6.36 Å². The SMILES string of the molecule is CN(C)c1ccc(OC(F)(F)F)cc1CF. The van der Waals surface area contributed by atoms with E-state index in [4.69, 9.17) is 0 Å². The van der Waals surface area contributed by atoms with Crippen molar-refractivity contribution in [3.63, 3.8) is 0 Å². The van der Waals surface area contributed by atoms with Crippen molar-refractivity contribution in [2.45, 2.75) is 13.0 Å². The van der Waals surface area contributed by atoms with Crippen LogP contribution in [-0.2, 0) is 6.67 Å². The molecule has 0 saturated heterocycles. The van der Waals surface area contributed by atoms with Gasteiger partial charge in [-0.15, -0.1) is 13.2 Å². The Morgan fingerprint density at radius 1 is 1.25 bits per heavy atom. The minimum Gasteiger partial charge on any atom is -0.406 e. The van der Waals surface area contributed by atoms with Crippen LogP contribution in [0.2, 0.25) is 0 Å². The summed E-state index contributed by atoms with van der Waals surface area (Å²) >= 11 is 0. The third-order valence-electron chi connectivity index (χ3n) is 1.91. The smallest absolute Gasteiger partial charge is 0.406 e. The van der Waals surface area contributed by atoms with E-state index in [1.165, 1.54) is 6.07 Å². The fourth-order valence-electron chi connectivity index (χ4n) is 1.30. The third kappa shape index (κ3) is 3.29. The predicted molar refractivity (Wildman–Crippen MR) is 52.3 cm³/mol. The predicted octanol–water partition coefficient (Wildman–Crippen LogP) is 3.12. The largest absolute Gasteiger partial charge is 0.573 e. The maximum Gasteiger partial charge on any atom is 0.573 e. The van der Waals surface area contributed by atoms with Gasteiger partial charge in [-0.25, -0.2) is 4.39 Å². The molecule has 0 aliphatic carbocycles. The van der Waals surface area contributed by atoms with Crippen LogP contribution in [0.1, 0.15) is 5.56 Å². The molecule has 90 valence electrons. The Hall–Kier alpha value is -1.46. The van der Waals surface area contributed by atoms with Gasteiger partial charge < -0.3 is 9.64 Å². The van der Waals surface area contributed by atoms with Gasteiger partial charge in [0.25, 0.3) is 0 Å². The van der Waals surface area contributed by atoms with E-state index in [1.54, 1.807) is 19.0 Å². The lowest BCUT2D eigenvalue weighted by Crippen LogP contribution is -2.17. The lowest BCUT2D eigenvalue weighted by molar-refractivity contribution is -0.274. The Kier molecular flexibility index (Phi) is 3.62. The van der Waals surface area contributed by atoms with Crippen molar-refractivity contribution in [3.05, 3.63) is 23.8 Å². The molecule has 16 heavy (non-hydrogen) atoms. The second-order valence-electron chi connectivity index (χ2n) is 3.37. The van der Waals surface area contributed by atoms with Gasteiger partial charge in [0.2, 0.25) is 0 Å². The van der Waals surface area contributed by atoms with E-state index in [-0.39, 0.29) is 5.56 Å². The number of halogens is 4. The molecule has 0 N–H and O–H groups in total. The molecule has 1 aromatic rings. The van der Waals surface area contributed by atoms with Crippen LogP contribution < -0.4 is 9.64 Å². The maximum atomic E-state index is 12.6. The van der Waals surface area contributed by atoms with E-state index < -0.39 is 18.8 Å². The van der Waals surface area contributed by atoms with Crippen LogP contribution >= 0.6 is 0 Å². The first kappa shape index (κ1) is 12.6. The van der Waals surface area contributed by atoms with E-state index in [0.717, 1.165) is 12.1 Å². The van der Waals surface area contributed by atoms with Gasteiger partial charge in [0, 0.05) is 25.3 Å². The zero-order valence-corrected chi connectivity index (χ0v) is 8.81. The minimum atomic E-state index is -4.76. The average Bonchev–Trinajstić information content (AvgIpc) is 2.14. The molecule has 0 spiro atoms. The Morgan fingerprint density at radius 3 is 2.31 bits per heavy atom. The Bertz CT molecular complexity index is 362. The quantitative estimate of drug-likeness (QED) is 0.749. The summed E-state index contributed by atoms with van der Waals surface area (Å²) in [7, 11) is 3.36. The minimum absolute atomic E-state index is 0.159. The zero-order chi connectivity index (χ0) is 12.3. The molecule has 2 nitrogen and oxygen atoms in total. The molecule has 0 unspecified atom stereocenters. The van der Waals surface area contributed by atoms with Crippen molar-refractivity contribution in [3.8, 4) is 5.75 Å². The number of benzene rings is 1. The zero-order valence-electron chi connectivity index (χ0n) is 8.81. The van der Waals surface area contributed by atoms with Gasteiger partial charge in [0.05, 0.1) is 0 Å². The molecule has 1 rings (SSSR count). The molecule has 0 aliphatic heterocycles. The van der Waals surface area contributed by atoms with Crippen molar-refractivity contribution in [1.82, 2.24) is 0 Å². The number of hydrogen-bond donors (Lipinski definition) is 0. The standard InChI is InChI=1S/C10H11F4NO/c1-15(2)9-4-3-8(5-7(9)6-11)16-10(12,13)14/h3-5H,6H2,1-2H3. The molecular formula is C10H11F4NO. The molecule has 0 heterocycles. The van der Waals surface area contributed by atoms with Gasteiger partial charge in [-0.2, -0.15) is 0 Å². The van der Waals surface area contributed by atoms with Crippen molar-refractivity contribution < 1.29 is 22.3 Å². The summed E-state index contributed by atoms with van der Waals surface area (Å²) in [6.45, 7) is -0.845. The van der Waals surface area contributed by atoms with Crippen LogP contribution in [0.3, 0.4) is 0 Å². The Morgan fingerprint density at radius 2 is 1.88 bits per heavy atom. The molecule has 1 aromatic carbocycles. The van der Waals surface area contributed by atoms with Crippen LogP contribution in [0.4, 0.5) is 23.2 Å². The van der Waals surface area contributed by atoms with E-state index in [2.05, 4.69) is 4.74 Å². The van der Waals surface area contributed by atoms with Crippen molar-refractivity contribution in [2.24, 2.45) is 0 Å². The van der Waals surface area contributed by atoms with Crippen LogP contribution in [-0.4, -0.2) is 20.5 Å². The summed E-state index contributed by atoms with van der Waals surface area (Å²) in [5, 5.41) is 0. The van der Waals surface area contributed by atoms with Crippen LogP contribution in [0.15, 0.2) is 18.2 Å². The van der Waals surface area contributed by atoms with Crippen LogP contribution in [0.5, 0.6) is 5.75 Å². The van der Waals surface area contributed by atoms with Gasteiger partial charge in [0.1, 0.15) is 12.4 Å². The Balaban J connectivity index is 3.00. The van der Waals surface area contributed by atoms with E-state index in [9.17, 15) is 17.6 Å². The highest BCUT2D eigenvalue weighted by molar-refractivity contribution is 5.55. The number of anilines is 1. The second-order valence-corrected chi connectivity index (χ2v) is 3.37. The average molecular weight is 237 g/mol. The first-order chi connectivity index (χ1) is 7.33. The molecule has 0 bridgehead atoms. The molecule has 0 aliphatic rings. The number of ether oxygens (including phenoxy) is 1. The molecule has 0 saturated carbocycles. The summed E-state index contributed by atoms with van der Waals surface area (Å²) in [5.41, 5.74) is 0.684. The third-order valence-corrected chi connectivity index (χ3v) is 1.91. The van der Waals surface area contributed by atoms with E-state index in [0.29, 0.717) is 5.69 Å². The fraction of sp³-hybridized carbons (Fsp3) is 0.400. The molecule has 0 atom stereocenters. The topological polar surface area (TPSA) is 12.5 Å². The van der Waals surface area contributed by atoms with Crippen molar-refractivity contribution in [2.75, 3.05) is 19.0 Å². The maximum absolute atomic E-state index is 12.6. The van der Waals surface area contributed by atoms with E-state index in [1.807, 2.05) is 0 Å². The molecule has 6 heteroatoms. The van der Waals surface area contributed by atoms with Gasteiger partial charge in [-0.1, -0.05) is 0 Å². The fourth-order valence-corrected chi connectivity index (χ4v) is 1.30. The highest BCUT2D eigenvalue weighted by Crippen LogP contribution is 2.28. The summed E-state index contributed by atoms with van der Waals surface area (Å²) in [6, 6.07) is 3.58. The summed E-state index contributed by atoms with van der Waals surface area (Å²) in [4.78, 5) is 1.62. The normalized spacial score (nSPS) is 11.4.